The lowest BCUT2D eigenvalue weighted by molar-refractivity contribution is 0.0597. The summed E-state index contributed by atoms with van der Waals surface area (Å²) in [6, 6.07) is 13.5. The van der Waals surface area contributed by atoms with Gasteiger partial charge in [-0.1, -0.05) is 41.7 Å². The van der Waals surface area contributed by atoms with Gasteiger partial charge >= 0.3 is 0 Å². The second-order valence-corrected chi connectivity index (χ2v) is 6.97. The first-order chi connectivity index (χ1) is 12.3. The third kappa shape index (κ3) is 3.62. The van der Waals surface area contributed by atoms with Crippen molar-refractivity contribution in [3.8, 4) is 10.6 Å². The van der Waals surface area contributed by atoms with Crippen molar-refractivity contribution in [1.29, 1.82) is 0 Å². The van der Waals surface area contributed by atoms with Crippen molar-refractivity contribution in [2.75, 3.05) is 26.2 Å². The number of benzene rings is 1. The summed E-state index contributed by atoms with van der Waals surface area (Å²) in [7, 11) is 0. The van der Waals surface area contributed by atoms with E-state index in [-0.39, 0.29) is 5.91 Å². The van der Waals surface area contributed by atoms with Gasteiger partial charge in [0, 0.05) is 31.7 Å². The van der Waals surface area contributed by atoms with Crippen LogP contribution in [0.15, 0.2) is 53.1 Å². The number of piperazine rings is 1. The van der Waals surface area contributed by atoms with Gasteiger partial charge in [0.05, 0.1) is 12.8 Å². The molecule has 25 heavy (non-hydrogen) atoms. The number of aromatic nitrogens is 2. The number of carbonyl (C=O) groups excluding carboxylic acids is 1. The lowest BCUT2D eigenvalue weighted by Crippen LogP contribution is -2.48. The van der Waals surface area contributed by atoms with Gasteiger partial charge in [-0.05, 0) is 12.1 Å². The van der Waals surface area contributed by atoms with Gasteiger partial charge in [-0.15, -0.1) is 10.2 Å². The van der Waals surface area contributed by atoms with Crippen molar-refractivity contribution in [3.05, 3.63) is 59.5 Å². The van der Waals surface area contributed by atoms with E-state index in [4.69, 9.17) is 4.42 Å². The maximum Gasteiger partial charge on any atom is 0.289 e. The first-order valence-electron chi connectivity index (χ1n) is 8.22. The number of carbonyl (C=O) groups is 1. The molecule has 0 N–H and O–H groups in total. The van der Waals surface area contributed by atoms with Crippen LogP contribution >= 0.6 is 11.3 Å². The molecule has 2 aromatic heterocycles. The van der Waals surface area contributed by atoms with E-state index in [0.29, 0.717) is 18.8 Å². The molecule has 1 aromatic carbocycles. The number of hydrogen-bond acceptors (Lipinski definition) is 6. The summed E-state index contributed by atoms with van der Waals surface area (Å²) < 4.78 is 5.19. The lowest BCUT2D eigenvalue weighted by Gasteiger charge is -2.33. The van der Waals surface area contributed by atoms with Gasteiger partial charge in [0.25, 0.3) is 5.91 Å². The fourth-order valence-electron chi connectivity index (χ4n) is 2.87. The standard InChI is InChI=1S/C18H18N4O2S/c23-18(15-7-4-12-24-15)22-10-8-21(9-11-22)13-16-19-20-17(25-16)14-5-2-1-3-6-14/h1-7,12H,8-11,13H2. The van der Waals surface area contributed by atoms with Crippen molar-refractivity contribution in [1.82, 2.24) is 20.0 Å². The molecule has 128 valence electrons. The molecule has 0 bridgehead atoms. The van der Waals surface area contributed by atoms with Crippen LogP contribution in [0.3, 0.4) is 0 Å². The Balaban J connectivity index is 1.33. The molecule has 1 aliphatic rings. The van der Waals surface area contributed by atoms with Crippen LogP contribution < -0.4 is 0 Å². The third-order valence-electron chi connectivity index (χ3n) is 4.24. The Labute approximate surface area is 149 Å². The highest BCUT2D eigenvalue weighted by Crippen LogP contribution is 2.24. The highest BCUT2D eigenvalue weighted by atomic mass is 32.1. The molecule has 1 amide bonds. The fraction of sp³-hybridized carbons (Fsp3) is 0.278. The molecule has 1 aliphatic heterocycles. The molecule has 0 aliphatic carbocycles. The summed E-state index contributed by atoms with van der Waals surface area (Å²) in [6.45, 7) is 3.82. The van der Waals surface area contributed by atoms with Crippen LogP contribution in [0.5, 0.6) is 0 Å². The molecule has 0 saturated carbocycles. The van der Waals surface area contributed by atoms with E-state index in [2.05, 4.69) is 15.1 Å². The van der Waals surface area contributed by atoms with E-state index in [1.807, 2.05) is 35.2 Å². The molecule has 6 nitrogen and oxygen atoms in total. The molecule has 0 spiro atoms. The molecule has 4 rings (SSSR count). The second-order valence-electron chi connectivity index (χ2n) is 5.91. The van der Waals surface area contributed by atoms with Crippen molar-refractivity contribution in [2.24, 2.45) is 0 Å². The minimum absolute atomic E-state index is 0.0353. The number of hydrogen-bond donors (Lipinski definition) is 0. The Morgan fingerprint density at radius 1 is 1.04 bits per heavy atom. The van der Waals surface area contributed by atoms with Crippen LogP contribution in [0.2, 0.25) is 0 Å². The average Bonchev–Trinajstić information content (AvgIpc) is 3.35. The molecule has 0 radical (unpaired) electrons. The predicted molar refractivity (Wildman–Crippen MR) is 95.2 cm³/mol. The van der Waals surface area contributed by atoms with Crippen LogP contribution in [0.25, 0.3) is 10.6 Å². The van der Waals surface area contributed by atoms with Gasteiger partial charge in [0.2, 0.25) is 0 Å². The molecular weight excluding hydrogens is 336 g/mol. The Kier molecular flexibility index (Phi) is 4.58. The van der Waals surface area contributed by atoms with Gasteiger partial charge in [-0.2, -0.15) is 0 Å². The average molecular weight is 354 g/mol. The predicted octanol–water partition coefficient (Wildman–Crippen LogP) is 2.76. The van der Waals surface area contributed by atoms with E-state index < -0.39 is 0 Å². The number of furan rings is 1. The van der Waals surface area contributed by atoms with Crippen LogP contribution in [-0.4, -0.2) is 52.1 Å². The maximum atomic E-state index is 12.3. The molecule has 3 heterocycles. The molecule has 3 aromatic rings. The van der Waals surface area contributed by atoms with Crippen molar-refractivity contribution < 1.29 is 9.21 Å². The molecule has 1 fully saturated rings. The van der Waals surface area contributed by atoms with Crippen LogP contribution in [0.1, 0.15) is 15.6 Å². The summed E-state index contributed by atoms with van der Waals surface area (Å²) >= 11 is 1.63. The van der Waals surface area contributed by atoms with Gasteiger partial charge < -0.3 is 9.32 Å². The van der Waals surface area contributed by atoms with Gasteiger partial charge in [-0.25, -0.2) is 0 Å². The molecule has 7 heteroatoms. The first kappa shape index (κ1) is 16.0. The summed E-state index contributed by atoms with van der Waals surface area (Å²) in [5.74, 6) is 0.372. The fourth-order valence-corrected chi connectivity index (χ4v) is 3.76. The van der Waals surface area contributed by atoms with E-state index in [0.717, 1.165) is 35.2 Å². The molecule has 0 unspecified atom stereocenters. The van der Waals surface area contributed by atoms with Crippen LogP contribution in [0, 0.1) is 0 Å². The van der Waals surface area contributed by atoms with E-state index >= 15 is 0 Å². The zero-order valence-corrected chi connectivity index (χ0v) is 14.5. The minimum atomic E-state index is -0.0353. The first-order valence-corrected chi connectivity index (χ1v) is 9.04. The third-order valence-corrected chi connectivity index (χ3v) is 5.19. The van der Waals surface area contributed by atoms with Gasteiger partial charge in [0.15, 0.2) is 5.76 Å². The zero-order valence-electron chi connectivity index (χ0n) is 13.7. The summed E-state index contributed by atoms with van der Waals surface area (Å²) in [5.41, 5.74) is 1.10. The van der Waals surface area contributed by atoms with Crippen LogP contribution in [0.4, 0.5) is 0 Å². The Morgan fingerprint density at radius 2 is 1.84 bits per heavy atom. The highest BCUT2D eigenvalue weighted by molar-refractivity contribution is 7.14. The molecule has 0 atom stereocenters. The number of amides is 1. The number of nitrogens with zero attached hydrogens (tertiary/aromatic N) is 4. The van der Waals surface area contributed by atoms with E-state index in [9.17, 15) is 4.79 Å². The van der Waals surface area contributed by atoms with Crippen LogP contribution in [-0.2, 0) is 6.54 Å². The van der Waals surface area contributed by atoms with Crippen molar-refractivity contribution in [3.63, 3.8) is 0 Å². The normalized spacial score (nSPS) is 15.4. The Morgan fingerprint density at radius 3 is 2.56 bits per heavy atom. The quantitative estimate of drug-likeness (QED) is 0.721. The SMILES string of the molecule is O=C(c1ccco1)N1CCN(Cc2nnc(-c3ccccc3)s2)CC1. The lowest BCUT2D eigenvalue weighted by atomic mass is 10.2. The smallest absolute Gasteiger partial charge is 0.289 e. The summed E-state index contributed by atoms with van der Waals surface area (Å²) in [4.78, 5) is 16.4. The highest BCUT2D eigenvalue weighted by Gasteiger charge is 2.24. The second kappa shape index (κ2) is 7.16. The monoisotopic (exact) mass is 354 g/mol. The maximum absolute atomic E-state index is 12.3. The molecular formula is C18H18N4O2S. The van der Waals surface area contributed by atoms with Gasteiger partial charge in [-0.3, -0.25) is 9.69 Å². The number of rotatable bonds is 4. The topological polar surface area (TPSA) is 62.5 Å². The largest absolute Gasteiger partial charge is 0.459 e. The van der Waals surface area contributed by atoms with E-state index in [1.54, 1.807) is 23.5 Å². The van der Waals surface area contributed by atoms with E-state index in [1.165, 1.54) is 6.26 Å². The van der Waals surface area contributed by atoms with Crippen molar-refractivity contribution >= 4 is 17.2 Å². The van der Waals surface area contributed by atoms with Crippen molar-refractivity contribution in [2.45, 2.75) is 6.54 Å². The zero-order chi connectivity index (χ0) is 17.1. The summed E-state index contributed by atoms with van der Waals surface area (Å²) in [6.07, 6.45) is 1.53. The minimum Gasteiger partial charge on any atom is -0.459 e. The Bertz CT molecular complexity index is 824. The summed E-state index contributed by atoms with van der Waals surface area (Å²) in [5, 5.41) is 10.6. The molecule has 1 saturated heterocycles. The Hall–Kier alpha value is -2.51. The van der Waals surface area contributed by atoms with Gasteiger partial charge in [0.1, 0.15) is 10.0 Å².